The molecule has 0 aliphatic rings. The molecule has 4 nitrogen and oxygen atoms in total. The molecule has 0 saturated heterocycles. The number of anilines is 2. The van der Waals surface area contributed by atoms with E-state index in [-0.39, 0.29) is 0 Å². The van der Waals surface area contributed by atoms with E-state index in [0.29, 0.717) is 11.4 Å². The maximum absolute atomic E-state index is 11.9. The zero-order valence-electron chi connectivity index (χ0n) is 12.8. The lowest BCUT2D eigenvalue weighted by Gasteiger charge is -2.07. The molecule has 0 aliphatic carbocycles. The van der Waals surface area contributed by atoms with Crippen LogP contribution in [0.4, 0.5) is 11.4 Å². The molecule has 2 aromatic carbocycles. The Morgan fingerprint density at radius 3 is 1.27 bits per heavy atom. The van der Waals surface area contributed by atoms with Gasteiger partial charge in [0.1, 0.15) is 0 Å². The average Bonchev–Trinajstić information content (AvgIpc) is 2.56. The number of hydrogen-bond acceptors (Lipinski definition) is 2. The first kappa shape index (κ1) is 15.8. The highest BCUT2D eigenvalue weighted by molar-refractivity contribution is 6.43. The van der Waals surface area contributed by atoms with Gasteiger partial charge >= 0.3 is 11.8 Å². The Balaban J connectivity index is 1.94. The van der Waals surface area contributed by atoms with Gasteiger partial charge in [-0.25, -0.2) is 0 Å². The zero-order valence-corrected chi connectivity index (χ0v) is 12.8. The molecular weight excluding hydrogens is 276 g/mol. The van der Waals surface area contributed by atoms with Crippen molar-refractivity contribution in [1.82, 2.24) is 0 Å². The SMILES string of the molecule is CCc1ccc(NC(=O)C(=O)Nc2ccc(CC)cc2)cc1. The Labute approximate surface area is 130 Å². The van der Waals surface area contributed by atoms with Crippen LogP contribution < -0.4 is 10.6 Å². The van der Waals surface area contributed by atoms with Crippen molar-refractivity contribution in [3.63, 3.8) is 0 Å². The molecule has 0 heterocycles. The number of amides is 2. The van der Waals surface area contributed by atoms with Crippen molar-refractivity contribution in [2.45, 2.75) is 26.7 Å². The Bertz CT molecular complexity index is 586. The van der Waals surface area contributed by atoms with Crippen molar-refractivity contribution in [2.24, 2.45) is 0 Å². The van der Waals surface area contributed by atoms with Gasteiger partial charge in [-0.2, -0.15) is 0 Å². The normalized spacial score (nSPS) is 10.1. The summed E-state index contributed by atoms with van der Waals surface area (Å²) < 4.78 is 0. The van der Waals surface area contributed by atoms with Gasteiger partial charge in [-0.15, -0.1) is 0 Å². The van der Waals surface area contributed by atoms with Crippen LogP contribution in [0.1, 0.15) is 25.0 Å². The van der Waals surface area contributed by atoms with Crippen molar-refractivity contribution in [1.29, 1.82) is 0 Å². The van der Waals surface area contributed by atoms with Crippen LogP contribution in [0, 0.1) is 0 Å². The van der Waals surface area contributed by atoms with Crippen LogP contribution in [0.15, 0.2) is 48.5 Å². The number of aryl methyl sites for hydroxylation is 2. The lowest BCUT2D eigenvalue weighted by Crippen LogP contribution is -2.29. The number of rotatable bonds is 4. The molecule has 0 aromatic heterocycles. The van der Waals surface area contributed by atoms with Gasteiger partial charge in [0.15, 0.2) is 0 Å². The van der Waals surface area contributed by atoms with Gasteiger partial charge in [0.25, 0.3) is 0 Å². The number of nitrogens with one attached hydrogen (secondary N) is 2. The fourth-order valence-corrected chi connectivity index (χ4v) is 2.02. The van der Waals surface area contributed by atoms with Crippen molar-refractivity contribution < 1.29 is 9.59 Å². The maximum Gasteiger partial charge on any atom is 0.314 e. The number of benzene rings is 2. The van der Waals surface area contributed by atoms with Gasteiger partial charge in [0.05, 0.1) is 0 Å². The number of carbonyl (C=O) groups excluding carboxylic acids is 2. The summed E-state index contributed by atoms with van der Waals surface area (Å²) in [7, 11) is 0. The zero-order chi connectivity index (χ0) is 15.9. The molecule has 0 saturated carbocycles. The summed E-state index contributed by atoms with van der Waals surface area (Å²) >= 11 is 0. The Hall–Kier alpha value is -2.62. The van der Waals surface area contributed by atoms with E-state index in [1.54, 1.807) is 24.3 Å². The highest BCUT2D eigenvalue weighted by atomic mass is 16.2. The Kier molecular flexibility index (Phi) is 5.31. The van der Waals surface area contributed by atoms with E-state index < -0.39 is 11.8 Å². The second kappa shape index (κ2) is 7.41. The molecule has 0 radical (unpaired) electrons. The monoisotopic (exact) mass is 296 g/mol. The topological polar surface area (TPSA) is 58.2 Å². The molecule has 2 rings (SSSR count). The van der Waals surface area contributed by atoms with E-state index in [2.05, 4.69) is 24.5 Å². The van der Waals surface area contributed by atoms with Crippen LogP contribution in [0.25, 0.3) is 0 Å². The van der Waals surface area contributed by atoms with Crippen LogP contribution >= 0.6 is 0 Å². The van der Waals surface area contributed by atoms with Crippen molar-refractivity contribution in [3.8, 4) is 0 Å². The molecule has 0 unspecified atom stereocenters. The fraction of sp³-hybridized carbons (Fsp3) is 0.222. The fourth-order valence-electron chi connectivity index (χ4n) is 2.02. The first-order valence-electron chi connectivity index (χ1n) is 7.42. The summed E-state index contributed by atoms with van der Waals surface area (Å²) in [4.78, 5) is 23.7. The summed E-state index contributed by atoms with van der Waals surface area (Å²) in [6.07, 6.45) is 1.87. The maximum atomic E-state index is 11.9. The molecule has 114 valence electrons. The summed E-state index contributed by atoms with van der Waals surface area (Å²) in [6.45, 7) is 4.12. The number of hydrogen-bond donors (Lipinski definition) is 2. The predicted molar refractivity (Wildman–Crippen MR) is 88.9 cm³/mol. The first-order chi connectivity index (χ1) is 10.6. The van der Waals surface area contributed by atoms with E-state index in [0.717, 1.165) is 12.8 Å². The first-order valence-corrected chi connectivity index (χ1v) is 7.42. The molecule has 0 bridgehead atoms. The minimum atomic E-state index is -0.677. The highest BCUT2D eigenvalue weighted by Crippen LogP contribution is 2.12. The smallest absolute Gasteiger partial charge is 0.314 e. The van der Waals surface area contributed by atoms with Crippen molar-refractivity contribution >= 4 is 23.2 Å². The van der Waals surface area contributed by atoms with Gasteiger partial charge in [-0.3, -0.25) is 9.59 Å². The van der Waals surface area contributed by atoms with Crippen LogP contribution in [-0.2, 0) is 22.4 Å². The Morgan fingerprint density at radius 1 is 0.682 bits per heavy atom. The lowest BCUT2D eigenvalue weighted by molar-refractivity contribution is -0.132. The summed E-state index contributed by atoms with van der Waals surface area (Å²) in [5, 5.41) is 5.17. The number of carbonyl (C=O) groups is 2. The third-order valence-electron chi connectivity index (χ3n) is 3.45. The molecule has 22 heavy (non-hydrogen) atoms. The lowest BCUT2D eigenvalue weighted by atomic mass is 10.1. The predicted octanol–water partition coefficient (Wildman–Crippen LogP) is 3.39. The van der Waals surface area contributed by atoms with E-state index in [1.807, 2.05) is 24.3 Å². The van der Waals surface area contributed by atoms with E-state index in [4.69, 9.17) is 0 Å². The minimum absolute atomic E-state index is 0.610. The molecule has 0 fully saturated rings. The van der Waals surface area contributed by atoms with Crippen LogP contribution in [0.5, 0.6) is 0 Å². The minimum Gasteiger partial charge on any atom is -0.318 e. The Morgan fingerprint density at radius 2 is 1.00 bits per heavy atom. The van der Waals surface area contributed by atoms with Gasteiger partial charge in [0.2, 0.25) is 0 Å². The molecule has 2 N–H and O–H groups in total. The molecule has 2 aromatic rings. The van der Waals surface area contributed by atoms with Gasteiger partial charge < -0.3 is 10.6 Å². The van der Waals surface area contributed by atoms with Crippen LogP contribution in [0.2, 0.25) is 0 Å². The molecular formula is C18H20N2O2. The molecule has 4 heteroatoms. The van der Waals surface area contributed by atoms with Crippen molar-refractivity contribution in [3.05, 3.63) is 59.7 Å². The van der Waals surface area contributed by atoms with E-state index >= 15 is 0 Å². The van der Waals surface area contributed by atoms with Crippen LogP contribution in [0.3, 0.4) is 0 Å². The molecule has 0 spiro atoms. The standard InChI is InChI=1S/C18H20N2O2/c1-3-13-5-9-15(10-6-13)19-17(21)18(22)20-16-11-7-14(4-2)8-12-16/h5-12H,3-4H2,1-2H3,(H,19,21)(H,20,22). The molecule has 0 aliphatic heterocycles. The van der Waals surface area contributed by atoms with E-state index in [9.17, 15) is 9.59 Å². The second-order valence-corrected chi connectivity index (χ2v) is 5.01. The van der Waals surface area contributed by atoms with Gasteiger partial charge in [0, 0.05) is 11.4 Å². The summed E-state index contributed by atoms with van der Waals surface area (Å²) in [5.41, 5.74) is 3.58. The van der Waals surface area contributed by atoms with Crippen LogP contribution in [-0.4, -0.2) is 11.8 Å². The third kappa shape index (κ3) is 4.19. The summed E-state index contributed by atoms with van der Waals surface area (Å²) in [5.74, 6) is -1.35. The van der Waals surface area contributed by atoms with E-state index in [1.165, 1.54) is 11.1 Å². The summed E-state index contributed by atoms with van der Waals surface area (Å²) in [6, 6.07) is 14.9. The second-order valence-electron chi connectivity index (χ2n) is 5.01. The highest BCUT2D eigenvalue weighted by Gasteiger charge is 2.13. The van der Waals surface area contributed by atoms with Gasteiger partial charge in [-0.1, -0.05) is 38.1 Å². The largest absolute Gasteiger partial charge is 0.318 e. The van der Waals surface area contributed by atoms with Crippen molar-refractivity contribution in [2.75, 3.05) is 10.6 Å². The molecule has 2 amide bonds. The third-order valence-corrected chi connectivity index (χ3v) is 3.45. The average molecular weight is 296 g/mol. The molecule has 0 atom stereocenters. The van der Waals surface area contributed by atoms with Gasteiger partial charge in [-0.05, 0) is 48.2 Å². The quantitative estimate of drug-likeness (QED) is 0.850.